The topological polar surface area (TPSA) is 78.3 Å². The number of fused-ring (bicyclic) bond motifs is 1. The monoisotopic (exact) mass is 286 g/mol. The van der Waals surface area contributed by atoms with Gasteiger partial charge in [-0.2, -0.15) is 0 Å². The zero-order chi connectivity index (χ0) is 15.2. The zero-order valence-electron chi connectivity index (χ0n) is 11.5. The number of carbonyl (C=O) groups excluding carboxylic acids is 2. The van der Waals surface area contributed by atoms with Crippen LogP contribution in [-0.2, 0) is 20.9 Å². The first-order chi connectivity index (χ1) is 10.2. The minimum atomic E-state index is -0.448. The number of nitrogens with zero attached hydrogens (tertiary/aromatic N) is 2. The molecule has 21 heavy (non-hydrogen) atoms. The summed E-state index contributed by atoms with van der Waals surface area (Å²) >= 11 is 0. The largest absolute Gasteiger partial charge is 0.463 e. The van der Waals surface area contributed by atoms with Gasteiger partial charge in [0.25, 0.3) is 5.56 Å². The number of aldehydes is 1. The van der Waals surface area contributed by atoms with Crippen LogP contribution in [0.2, 0.25) is 0 Å². The number of esters is 1. The van der Waals surface area contributed by atoms with E-state index in [0.29, 0.717) is 29.5 Å². The maximum Gasteiger partial charge on any atom is 0.330 e. The first kappa shape index (κ1) is 14.6. The summed E-state index contributed by atoms with van der Waals surface area (Å²) in [6.07, 6.45) is 5.07. The molecular weight excluding hydrogens is 272 g/mol. The molecule has 108 valence electrons. The number of hydrogen-bond acceptors (Lipinski definition) is 5. The van der Waals surface area contributed by atoms with Crippen LogP contribution >= 0.6 is 0 Å². The highest BCUT2D eigenvalue weighted by molar-refractivity contribution is 5.88. The minimum absolute atomic E-state index is 0.0388. The number of ether oxygens (including phenoxy) is 1. The Hall–Kier alpha value is -2.76. The van der Waals surface area contributed by atoms with E-state index in [9.17, 15) is 14.4 Å². The van der Waals surface area contributed by atoms with Crippen LogP contribution in [0.1, 0.15) is 12.5 Å². The smallest absolute Gasteiger partial charge is 0.330 e. The summed E-state index contributed by atoms with van der Waals surface area (Å²) in [5.74, 6) is -0.448. The molecule has 0 saturated heterocycles. The van der Waals surface area contributed by atoms with Gasteiger partial charge < -0.3 is 9.53 Å². The molecule has 2 aromatic rings. The molecule has 0 aliphatic rings. The molecule has 2 aromatic heterocycles. The molecule has 2 heterocycles. The van der Waals surface area contributed by atoms with Gasteiger partial charge in [0.05, 0.1) is 24.2 Å². The average Bonchev–Trinajstić information content (AvgIpc) is 2.48. The van der Waals surface area contributed by atoms with E-state index >= 15 is 0 Å². The first-order valence-electron chi connectivity index (χ1n) is 6.43. The molecule has 2 rings (SSSR count). The lowest BCUT2D eigenvalue weighted by Crippen LogP contribution is -2.20. The molecule has 0 aromatic carbocycles. The number of aromatic nitrogens is 2. The van der Waals surface area contributed by atoms with Gasteiger partial charge in [0.2, 0.25) is 0 Å². The Morgan fingerprint density at radius 1 is 1.43 bits per heavy atom. The predicted octanol–water partition coefficient (Wildman–Crippen LogP) is 1.17. The van der Waals surface area contributed by atoms with Crippen molar-refractivity contribution < 1.29 is 14.3 Å². The van der Waals surface area contributed by atoms with Crippen LogP contribution in [-0.4, -0.2) is 28.4 Å². The van der Waals surface area contributed by atoms with E-state index in [2.05, 4.69) is 4.98 Å². The summed E-state index contributed by atoms with van der Waals surface area (Å²) in [7, 11) is 0. The quantitative estimate of drug-likeness (QED) is 0.468. The summed E-state index contributed by atoms with van der Waals surface area (Å²) in [5.41, 5.74) is 1.51. The Kier molecular flexibility index (Phi) is 4.61. The average molecular weight is 286 g/mol. The Morgan fingerprint density at radius 2 is 2.24 bits per heavy atom. The van der Waals surface area contributed by atoms with Crippen LogP contribution < -0.4 is 5.56 Å². The molecule has 0 radical (unpaired) electrons. The molecule has 0 spiro atoms. The van der Waals surface area contributed by atoms with Gasteiger partial charge in [-0.25, -0.2) is 4.79 Å². The van der Waals surface area contributed by atoms with Crippen LogP contribution in [0.15, 0.2) is 35.3 Å². The third kappa shape index (κ3) is 3.42. The number of pyridine rings is 2. The fourth-order valence-corrected chi connectivity index (χ4v) is 1.89. The third-order valence-electron chi connectivity index (χ3n) is 2.81. The fourth-order valence-electron chi connectivity index (χ4n) is 1.89. The molecule has 0 saturated carbocycles. The van der Waals surface area contributed by atoms with E-state index in [-0.39, 0.29) is 12.1 Å². The molecule has 0 aliphatic heterocycles. The molecule has 0 N–H and O–H groups in total. The standard InChI is InChI=1S/C15H14N2O4/c1-2-21-15(20)6-3-11-9-13-12(16-10-11)4-5-14(19)17(13)7-8-18/h3-6,8-10H,2,7H2,1H3. The van der Waals surface area contributed by atoms with E-state index in [1.165, 1.54) is 16.7 Å². The lowest BCUT2D eigenvalue weighted by molar-refractivity contribution is -0.137. The first-order valence-corrected chi connectivity index (χ1v) is 6.43. The van der Waals surface area contributed by atoms with Crippen molar-refractivity contribution in [2.45, 2.75) is 13.5 Å². The van der Waals surface area contributed by atoms with Gasteiger partial charge in [-0.05, 0) is 30.7 Å². The van der Waals surface area contributed by atoms with E-state index in [4.69, 9.17) is 4.74 Å². The predicted molar refractivity (Wildman–Crippen MR) is 77.7 cm³/mol. The second kappa shape index (κ2) is 6.60. The van der Waals surface area contributed by atoms with E-state index in [1.807, 2.05) is 0 Å². The van der Waals surface area contributed by atoms with Crippen molar-refractivity contribution in [1.82, 2.24) is 9.55 Å². The molecule has 0 amide bonds. The van der Waals surface area contributed by atoms with Gasteiger partial charge in [0, 0.05) is 18.3 Å². The van der Waals surface area contributed by atoms with Crippen molar-refractivity contribution in [3.05, 3.63) is 46.4 Å². The Bertz CT molecular complexity index is 762. The lowest BCUT2D eigenvalue weighted by atomic mass is 10.2. The molecule has 0 unspecified atom stereocenters. The molecule has 6 nitrogen and oxygen atoms in total. The van der Waals surface area contributed by atoms with Gasteiger partial charge >= 0.3 is 5.97 Å². The normalized spacial score (nSPS) is 10.9. The summed E-state index contributed by atoms with van der Waals surface area (Å²) in [6, 6.07) is 4.66. The van der Waals surface area contributed by atoms with Gasteiger partial charge in [-0.15, -0.1) is 0 Å². The maximum atomic E-state index is 11.8. The number of hydrogen-bond donors (Lipinski definition) is 0. The van der Waals surface area contributed by atoms with Gasteiger partial charge in [0.1, 0.15) is 6.29 Å². The Balaban J connectivity index is 2.44. The van der Waals surface area contributed by atoms with Crippen LogP contribution in [0.5, 0.6) is 0 Å². The highest BCUT2D eigenvalue weighted by Crippen LogP contribution is 2.12. The van der Waals surface area contributed by atoms with E-state index in [0.717, 1.165) is 0 Å². The second-order valence-corrected chi connectivity index (χ2v) is 4.21. The Labute approximate surface area is 120 Å². The van der Waals surface area contributed by atoms with Gasteiger partial charge in [-0.3, -0.25) is 14.3 Å². The fraction of sp³-hybridized carbons (Fsp3) is 0.200. The summed E-state index contributed by atoms with van der Waals surface area (Å²) in [6.45, 7) is 1.99. The van der Waals surface area contributed by atoms with Gasteiger partial charge in [-0.1, -0.05) is 0 Å². The molecule has 0 aliphatic carbocycles. The summed E-state index contributed by atoms with van der Waals surface area (Å²) in [5, 5.41) is 0. The molecule has 0 fully saturated rings. The van der Waals surface area contributed by atoms with Gasteiger partial charge in [0.15, 0.2) is 0 Å². The maximum absolute atomic E-state index is 11.8. The number of rotatable bonds is 5. The van der Waals surface area contributed by atoms with Crippen molar-refractivity contribution in [2.24, 2.45) is 0 Å². The van der Waals surface area contributed by atoms with E-state index in [1.54, 1.807) is 31.3 Å². The second-order valence-electron chi connectivity index (χ2n) is 4.21. The van der Waals surface area contributed by atoms with Crippen molar-refractivity contribution in [2.75, 3.05) is 6.61 Å². The van der Waals surface area contributed by atoms with Crippen LogP contribution in [0.3, 0.4) is 0 Å². The summed E-state index contributed by atoms with van der Waals surface area (Å²) in [4.78, 5) is 37.9. The van der Waals surface area contributed by atoms with Crippen LogP contribution in [0.25, 0.3) is 17.1 Å². The van der Waals surface area contributed by atoms with Crippen molar-refractivity contribution in [3.63, 3.8) is 0 Å². The molecule has 6 heteroatoms. The Morgan fingerprint density at radius 3 is 2.95 bits per heavy atom. The molecular formula is C15H14N2O4. The third-order valence-corrected chi connectivity index (χ3v) is 2.81. The SMILES string of the molecule is CCOC(=O)C=Cc1cnc2ccc(=O)n(CC=O)c2c1. The molecule has 0 bridgehead atoms. The summed E-state index contributed by atoms with van der Waals surface area (Å²) < 4.78 is 6.12. The molecule has 0 atom stereocenters. The van der Waals surface area contributed by atoms with Crippen molar-refractivity contribution in [3.8, 4) is 0 Å². The highest BCUT2D eigenvalue weighted by Gasteiger charge is 2.04. The zero-order valence-corrected chi connectivity index (χ0v) is 11.5. The highest BCUT2D eigenvalue weighted by atomic mass is 16.5. The minimum Gasteiger partial charge on any atom is -0.463 e. The van der Waals surface area contributed by atoms with Crippen LogP contribution in [0.4, 0.5) is 0 Å². The lowest BCUT2D eigenvalue weighted by Gasteiger charge is -2.06. The van der Waals surface area contributed by atoms with E-state index < -0.39 is 5.97 Å². The van der Waals surface area contributed by atoms with Crippen LogP contribution in [0, 0.1) is 0 Å². The van der Waals surface area contributed by atoms with Crippen molar-refractivity contribution in [1.29, 1.82) is 0 Å². The van der Waals surface area contributed by atoms with Crippen molar-refractivity contribution >= 4 is 29.4 Å². The number of carbonyl (C=O) groups is 2.